The number of carboxylic acid groups (broad SMARTS) is 1. The maximum absolute atomic E-state index is 11.8. The molecule has 0 aliphatic rings. The maximum Gasteiger partial charge on any atom is 0.326 e. The van der Waals surface area contributed by atoms with Crippen LogP contribution in [0.5, 0.6) is 0 Å². The molecule has 0 saturated carbocycles. The summed E-state index contributed by atoms with van der Waals surface area (Å²) in [5.74, 6) is -1.63. The molecule has 9 heteroatoms. The number of carbonyl (C=O) groups excluding carboxylic acids is 1. The maximum atomic E-state index is 11.8. The zero-order valence-electron chi connectivity index (χ0n) is 17.9. The Bertz CT molecular complexity index is 574. The van der Waals surface area contributed by atoms with Gasteiger partial charge in [-0.05, 0) is 44.9 Å². The van der Waals surface area contributed by atoms with E-state index in [1.807, 2.05) is 13.0 Å². The molecule has 0 saturated heterocycles. The minimum absolute atomic E-state index is 0.0509. The molecule has 0 fully saturated rings. The molecule has 0 bridgehead atoms. The van der Waals surface area contributed by atoms with E-state index in [1.165, 1.54) is 6.08 Å². The van der Waals surface area contributed by atoms with Crippen LogP contribution in [0.2, 0.25) is 0 Å². The van der Waals surface area contributed by atoms with Crippen LogP contribution in [0.4, 0.5) is 0 Å². The summed E-state index contributed by atoms with van der Waals surface area (Å²) >= 11 is 0. The molecule has 0 heterocycles. The molecule has 9 nitrogen and oxygen atoms in total. The second-order valence-electron chi connectivity index (χ2n) is 7.23. The van der Waals surface area contributed by atoms with Crippen LogP contribution in [-0.2, 0) is 9.59 Å². The van der Waals surface area contributed by atoms with E-state index >= 15 is 0 Å². The van der Waals surface area contributed by atoms with E-state index in [0.29, 0.717) is 32.2 Å². The molecular formula is C21H38N4O5. The van der Waals surface area contributed by atoms with Crippen LogP contribution in [-0.4, -0.2) is 58.0 Å². The summed E-state index contributed by atoms with van der Waals surface area (Å²) in [6.45, 7) is 2.20. The first-order valence-electron chi connectivity index (χ1n) is 10.5. The number of guanidine groups is 1. The number of unbranched alkanes of at least 4 members (excludes halogenated alkanes) is 3. The highest BCUT2D eigenvalue weighted by molar-refractivity contribution is 5.91. The highest BCUT2D eigenvalue weighted by atomic mass is 16.4. The van der Waals surface area contributed by atoms with Crippen LogP contribution < -0.4 is 16.8 Å². The molecule has 0 aromatic rings. The lowest BCUT2D eigenvalue weighted by molar-refractivity contribution is -0.141. The van der Waals surface area contributed by atoms with E-state index in [0.717, 1.165) is 25.7 Å². The van der Waals surface area contributed by atoms with Crippen molar-refractivity contribution in [3.8, 4) is 0 Å². The van der Waals surface area contributed by atoms with Crippen molar-refractivity contribution in [2.75, 3.05) is 6.54 Å². The molecule has 0 aliphatic heterocycles. The molecule has 0 rings (SSSR count). The molecule has 0 aromatic heterocycles. The Morgan fingerprint density at radius 1 is 1.03 bits per heavy atom. The first-order valence-corrected chi connectivity index (χ1v) is 10.5. The van der Waals surface area contributed by atoms with Gasteiger partial charge in [0.1, 0.15) is 6.04 Å². The van der Waals surface area contributed by atoms with Crippen LogP contribution in [0.25, 0.3) is 0 Å². The summed E-state index contributed by atoms with van der Waals surface area (Å²) in [6, 6.07) is -0.992. The number of nitrogens with one attached hydrogen (secondary N) is 1. The lowest BCUT2D eigenvalue weighted by Crippen LogP contribution is -2.40. The van der Waals surface area contributed by atoms with Crippen molar-refractivity contribution in [2.45, 2.75) is 83.0 Å². The Morgan fingerprint density at radius 3 is 2.40 bits per heavy atom. The molecular weight excluding hydrogens is 388 g/mol. The van der Waals surface area contributed by atoms with Gasteiger partial charge in [0, 0.05) is 12.6 Å². The molecule has 8 N–H and O–H groups in total. The fourth-order valence-corrected chi connectivity index (χ4v) is 2.72. The van der Waals surface area contributed by atoms with E-state index in [2.05, 4.69) is 10.3 Å². The van der Waals surface area contributed by atoms with Crippen molar-refractivity contribution in [3.05, 3.63) is 24.3 Å². The standard InChI is InChI=1S/C21H38N4O5/c1-2-16(26)15-17(27)11-8-6-4-3-5-7-9-13-19(28)25-18(20(29)30)12-10-14-24-21(22)23/h5,7,9,13,16-18,26-27H,2-4,6,8,10-12,14-15H2,1H3,(H,25,28)(H,29,30)(H4,22,23,24)/b7-5+,13-9+. The van der Waals surface area contributed by atoms with Crippen molar-refractivity contribution in [1.29, 1.82) is 0 Å². The van der Waals surface area contributed by atoms with E-state index in [-0.39, 0.29) is 12.4 Å². The minimum Gasteiger partial charge on any atom is -0.480 e. The number of nitrogens with zero attached hydrogens (tertiary/aromatic N) is 1. The zero-order chi connectivity index (χ0) is 22.8. The third-order valence-electron chi connectivity index (χ3n) is 4.48. The van der Waals surface area contributed by atoms with Gasteiger partial charge < -0.3 is 32.1 Å². The number of amides is 1. The fraction of sp³-hybridized carbons (Fsp3) is 0.667. The number of allylic oxidation sites excluding steroid dienone is 3. The lowest BCUT2D eigenvalue weighted by atomic mass is 10.0. The summed E-state index contributed by atoms with van der Waals surface area (Å²) in [7, 11) is 0. The minimum atomic E-state index is -1.11. The van der Waals surface area contributed by atoms with E-state index in [4.69, 9.17) is 16.6 Å². The van der Waals surface area contributed by atoms with Crippen molar-refractivity contribution in [2.24, 2.45) is 16.5 Å². The van der Waals surface area contributed by atoms with Gasteiger partial charge in [-0.1, -0.05) is 38.0 Å². The molecule has 3 atom stereocenters. The number of hydrogen-bond donors (Lipinski definition) is 6. The number of carboxylic acids is 1. The largest absolute Gasteiger partial charge is 0.480 e. The predicted molar refractivity (Wildman–Crippen MR) is 118 cm³/mol. The van der Waals surface area contributed by atoms with Crippen molar-refractivity contribution in [3.63, 3.8) is 0 Å². The normalized spacial score (nSPS) is 14.5. The number of aliphatic imine (C=N–C) groups is 1. The average molecular weight is 427 g/mol. The number of hydrogen-bond acceptors (Lipinski definition) is 5. The van der Waals surface area contributed by atoms with Gasteiger partial charge in [0.05, 0.1) is 12.2 Å². The average Bonchev–Trinajstić information content (AvgIpc) is 2.68. The quantitative estimate of drug-likeness (QED) is 0.0666. The van der Waals surface area contributed by atoms with Gasteiger partial charge in [-0.15, -0.1) is 0 Å². The van der Waals surface area contributed by atoms with Gasteiger partial charge >= 0.3 is 5.97 Å². The smallest absolute Gasteiger partial charge is 0.326 e. The second kappa shape index (κ2) is 17.5. The van der Waals surface area contributed by atoms with Gasteiger partial charge in [0.25, 0.3) is 0 Å². The van der Waals surface area contributed by atoms with E-state index in [1.54, 1.807) is 12.2 Å². The Labute approximate surface area is 178 Å². The Balaban J connectivity index is 3.98. The molecule has 1 amide bonds. The Morgan fingerprint density at radius 2 is 1.77 bits per heavy atom. The predicted octanol–water partition coefficient (Wildman–Crippen LogP) is 1.19. The van der Waals surface area contributed by atoms with Crippen LogP contribution in [0.1, 0.15) is 64.7 Å². The summed E-state index contributed by atoms with van der Waals surface area (Å²) in [5, 5.41) is 30.9. The van der Waals surface area contributed by atoms with E-state index in [9.17, 15) is 19.8 Å². The number of rotatable bonds is 17. The fourth-order valence-electron chi connectivity index (χ4n) is 2.72. The number of nitrogens with two attached hydrogens (primary N) is 2. The van der Waals surface area contributed by atoms with Crippen LogP contribution in [0.3, 0.4) is 0 Å². The van der Waals surface area contributed by atoms with Crippen LogP contribution in [0.15, 0.2) is 29.3 Å². The monoisotopic (exact) mass is 426 g/mol. The third-order valence-corrected chi connectivity index (χ3v) is 4.48. The number of aliphatic hydroxyl groups excluding tert-OH is 2. The lowest BCUT2D eigenvalue weighted by Gasteiger charge is -2.13. The first kappa shape index (κ1) is 27.6. The molecule has 172 valence electrons. The van der Waals surface area contributed by atoms with Crippen LogP contribution in [0, 0.1) is 0 Å². The van der Waals surface area contributed by atoms with Gasteiger partial charge in [-0.3, -0.25) is 9.79 Å². The van der Waals surface area contributed by atoms with E-state index < -0.39 is 30.1 Å². The van der Waals surface area contributed by atoms with Crippen molar-refractivity contribution >= 4 is 17.8 Å². The molecule has 0 radical (unpaired) electrons. The SMILES string of the molecule is CCC(O)CC(O)CCCCC/C=C/C=C/C(=O)NC(CCCN=C(N)N)C(=O)O. The third kappa shape index (κ3) is 16.6. The van der Waals surface area contributed by atoms with Gasteiger partial charge in [0.15, 0.2) is 5.96 Å². The topological polar surface area (TPSA) is 171 Å². The highest BCUT2D eigenvalue weighted by Gasteiger charge is 2.18. The highest BCUT2D eigenvalue weighted by Crippen LogP contribution is 2.11. The van der Waals surface area contributed by atoms with Crippen molar-refractivity contribution in [1.82, 2.24) is 5.32 Å². The Kier molecular flexibility index (Phi) is 16.1. The molecule has 3 unspecified atom stereocenters. The van der Waals surface area contributed by atoms with Gasteiger partial charge in [0.2, 0.25) is 5.91 Å². The molecule has 30 heavy (non-hydrogen) atoms. The summed E-state index contributed by atoms with van der Waals surface area (Å²) < 4.78 is 0. The summed E-state index contributed by atoms with van der Waals surface area (Å²) in [6.07, 6.45) is 11.8. The summed E-state index contributed by atoms with van der Waals surface area (Å²) in [4.78, 5) is 26.8. The number of aliphatic hydroxyl groups is 2. The first-order chi connectivity index (χ1) is 14.3. The molecule has 0 spiro atoms. The summed E-state index contributed by atoms with van der Waals surface area (Å²) in [5.41, 5.74) is 10.4. The number of aliphatic carboxylic acids is 1. The molecule has 0 aromatic carbocycles. The van der Waals surface area contributed by atoms with Gasteiger partial charge in [-0.25, -0.2) is 4.79 Å². The van der Waals surface area contributed by atoms with Gasteiger partial charge in [-0.2, -0.15) is 0 Å². The second-order valence-corrected chi connectivity index (χ2v) is 7.23. The number of carbonyl (C=O) groups is 2. The van der Waals surface area contributed by atoms with Crippen LogP contribution >= 0.6 is 0 Å². The molecule has 0 aliphatic carbocycles. The van der Waals surface area contributed by atoms with Crippen molar-refractivity contribution < 1.29 is 24.9 Å². The zero-order valence-corrected chi connectivity index (χ0v) is 17.9. The Hall–Kier alpha value is -2.39.